The number of nitrogens with two attached hydrogens (primary N) is 1. The second kappa shape index (κ2) is 7.73. The first-order valence-electron chi connectivity index (χ1n) is 7.60. The van der Waals surface area contributed by atoms with E-state index in [1.807, 2.05) is 25.7 Å². The summed E-state index contributed by atoms with van der Waals surface area (Å²) in [6.45, 7) is 7.88. The summed E-state index contributed by atoms with van der Waals surface area (Å²) in [5, 5.41) is 0. The van der Waals surface area contributed by atoms with Gasteiger partial charge in [-0.1, -0.05) is 19.3 Å². The van der Waals surface area contributed by atoms with Gasteiger partial charge in [-0.05, 0) is 52.5 Å². The lowest BCUT2D eigenvalue weighted by molar-refractivity contribution is 0.0207. The Labute approximate surface area is 117 Å². The zero-order valence-electron chi connectivity index (χ0n) is 12.8. The highest BCUT2D eigenvalue weighted by Gasteiger charge is 2.25. The van der Waals surface area contributed by atoms with Crippen LogP contribution in [0.3, 0.4) is 0 Å². The molecule has 0 saturated heterocycles. The topological polar surface area (TPSA) is 55.6 Å². The Morgan fingerprint density at radius 2 is 1.89 bits per heavy atom. The molecule has 19 heavy (non-hydrogen) atoms. The first-order chi connectivity index (χ1) is 8.92. The lowest BCUT2D eigenvalue weighted by Crippen LogP contribution is -2.41. The highest BCUT2D eigenvalue weighted by molar-refractivity contribution is 5.68. The fourth-order valence-electron chi connectivity index (χ4n) is 2.55. The maximum absolute atomic E-state index is 12.2. The van der Waals surface area contributed by atoms with Crippen molar-refractivity contribution in [2.45, 2.75) is 64.9 Å². The van der Waals surface area contributed by atoms with Gasteiger partial charge in [-0.3, -0.25) is 0 Å². The molecule has 0 unspecified atom stereocenters. The van der Waals surface area contributed by atoms with Crippen molar-refractivity contribution in [3.8, 4) is 0 Å². The molecular formula is C15H30N2O2. The Kier molecular flexibility index (Phi) is 6.63. The van der Waals surface area contributed by atoms with E-state index < -0.39 is 5.60 Å². The minimum Gasteiger partial charge on any atom is -0.444 e. The molecule has 0 aromatic rings. The van der Waals surface area contributed by atoms with Crippen molar-refractivity contribution in [1.82, 2.24) is 4.90 Å². The number of amides is 1. The van der Waals surface area contributed by atoms with E-state index in [-0.39, 0.29) is 6.09 Å². The average molecular weight is 270 g/mol. The molecule has 4 heteroatoms. The minimum absolute atomic E-state index is 0.188. The Balaban J connectivity index is 2.51. The van der Waals surface area contributed by atoms with E-state index >= 15 is 0 Å². The maximum atomic E-state index is 12.2. The van der Waals surface area contributed by atoms with Gasteiger partial charge in [0.05, 0.1) is 0 Å². The summed E-state index contributed by atoms with van der Waals surface area (Å²) in [5.41, 5.74) is 5.13. The third-order valence-corrected chi connectivity index (χ3v) is 3.49. The third kappa shape index (κ3) is 6.81. The molecule has 112 valence electrons. The number of carbonyl (C=O) groups excluding carboxylic acids is 1. The van der Waals surface area contributed by atoms with Crippen molar-refractivity contribution in [1.29, 1.82) is 0 Å². The monoisotopic (exact) mass is 270 g/mol. The van der Waals surface area contributed by atoms with Crippen molar-refractivity contribution in [3.05, 3.63) is 0 Å². The Bertz CT molecular complexity index is 268. The Morgan fingerprint density at radius 3 is 2.42 bits per heavy atom. The highest BCUT2D eigenvalue weighted by atomic mass is 16.6. The van der Waals surface area contributed by atoms with Crippen LogP contribution < -0.4 is 5.73 Å². The third-order valence-electron chi connectivity index (χ3n) is 3.49. The predicted molar refractivity (Wildman–Crippen MR) is 78.1 cm³/mol. The van der Waals surface area contributed by atoms with Crippen molar-refractivity contribution in [2.24, 2.45) is 11.7 Å². The van der Waals surface area contributed by atoms with Crippen molar-refractivity contribution < 1.29 is 9.53 Å². The fraction of sp³-hybridized carbons (Fsp3) is 0.933. The van der Waals surface area contributed by atoms with Gasteiger partial charge < -0.3 is 15.4 Å². The average Bonchev–Trinajstić information content (AvgIpc) is 2.33. The van der Waals surface area contributed by atoms with Crippen LogP contribution in [-0.2, 0) is 4.74 Å². The van der Waals surface area contributed by atoms with E-state index in [1.165, 1.54) is 32.1 Å². The first kappa shape index (κ1) is 16.3. The molecule has 0 spiro atoms. The van der Waals surface area contributed by atoms with Crippen LogP contribution in [0.2, 0.25) is 0 Å². The Morgan fingerprint density at radius 1 is 1.26 bits per heavy atom. The van der Waals surface area contributed by atoms with Crippen LogP contribution >= 0.6 is 0 Å². The van der Waals surface area contributed by atoms with Gasteiger partial charge in [0, 0.05) is 13.1 Å². The SMILES string of the molecule is CC(C)(C)OC(=O)N(CCCN)CC1CCCCC1. The summed E-state index contributed by atoms with van der Waals surface area (Å²) in [6, 6.07) is 0. The lowest BCUT2D eigenvalue weighted by atomic mass is 9.89. The number of hydrogen-bond acceptors (Lipinski definition) is 3. The highest BCUT2D eigenvalue weighted by Crippen LogP contribution is 2.25. The van der Waals surface area contributed by atoms with Crippen molar-refractivity contribution in [2.75, 3.05) is 19.6 Å². The van der Waals surface area contributed by atoms with E-state index in [0.29, 0.717) is 19.0 Å². The molecule has 0 bridgehead atoms. The second-order valence-electron chi connectivity index (χ2n) is 6.57. The molecule has 0 heterocycles. The number of carbonyl (C=O) groups is 1. The second-order valence-corrected chi connectivity index (χ2v) is 6.57. The number of nitrogens with zero attached hydrogens (tertiary/aromatic N) is 1. The molecule has 0 aromatic heterocycles. The smallest absolute Gasteiger partial charge is 0.410 e. The number of ether oxygens (including phenoxy) is 1. The molecule has 2 N–H and O–H groups in total. The van der Waals surface area contributed by atoms with Crippen LogP contribution in [0.1, 0.15) is 59.3 Å². The minimum atomic E-state index is -0.426. The largest absolute Gasteiger partial charge is 0.444 e. The summed E-state index contributed by atoms with van der Waals surface area (Å²) >= 11 is 0. The van der Waals surface area contributed by atoms with E-state index in [1.54, 1.807) is 0 Å². The molecule has 1 rings (SSSR count). The normalized spacial score (nSPS) is 17.3. The quantitative estimate of drug-likeness (QED) is 0.835. The molecular weight excluding hydrogens is 240 g/mol. The van der Waals surface area contributed by atoms with Crippen LogP contribution in [-0.4, -0.2) is 36.2 Å². The van der Waals surface area contributed by atoms with Gasteiger partial charge in [-0.25, -0.2) is 4.79 Å². The standard InChI is InChI=1S/C15H30N2O2/c1-15(2,3)19-14(18)17(11-7-10-16)12-13-8-5-4-6-9-13/h13H,4-12,16H2,1-3H3. The molecule has 1 fully saturated rings. The number of hydrogen-bond donors (Lipinski definition) is 1. The molecule has 0 aromatic carbocycles. The van der Waals surface area contributed by atoms with Crippen LogP contribution in [0, 0.1) is 5.92 Å². The summed E-state index contributed by atoms with van der Waals surface area (Å²) < 4.78 is 5.48. The Hall–Kier alpha value is -0.770. The van der Waals surface area contributed by atoms with Gasteiger partial charge in [-0.2, -0.15) is 0 Å². The lowest BCUT2D eigenvalue weighted by Gasteiger charge is -2.31. The molecule has 0 radical (unpaired) electrons. The summed E-state index contributed by atoms with van der Waals surface area (Å²) in [4.78, 5) is 14.1. The van der Waals surface area contributed by atoms with Crippen LogP contribution in [0.4, 0.5) is 4.79 Å². The van der Waals surface area contributed by atoms with Gasteiger partial charge in [-0.15, -0.1) is 0 Å². The summed E-state index contributed by atoms with van der Waals surface area (Å²) in [7, 11) is 0. The van der Waals surface area contributed by atoms with E-state index in [0.717, 1.165) is 13.0 Å². The fourth-order valence-corrected chi connectivity index (χ4v) is 2.55. The van der Waals surface area contributed by atoms with Gasteiger partial charge >= 0.3 is 6.09 Å². The number of rotatable bonds is 5. The van der Waals surface area contributed by atoms with Gasteiger partial charge in [0.15, 0.2) is 0 Å². The predicted octanol–water partition coefficient (Wildman–Crippen LogP) is 3.15. The van der Waals surface area contributed by atoms with E-state index in [2.05, 4.69) is 0 Å². The van der Waals surface area contributed by atoms with Crippen LogP contribution in [0.5, 0.6) is 0 Å². The first-order valence-corrected chi connectivity index (χ1v) is 7.60. The van der Waals surface area contributed by atoms with E-state index in [9.17, 15) is 4.79 Å². The van der Waals surface area contributed by atoms with Crippen LogP contribution in [0.15, 0.2) is 0 Å². The van der Waals surface area contributed by atoms with Crippen molar-refractivity contribution >= 4 is 6.09 Å². The molecule has 1 aliphatic rings. The van der Waals surface area contributed by atoms with Crippen molar-refractivity contribution in [3.63, 3.8) is 0 Å². The molecule has 4 nitrogen and oxygen atoms in total. The molecule has 0 atom stereocenters. The maximum Gasteiger partial charge on any atom is 0.410 e. The zero-order chi connectivity index (χ0) is 14.3. The zero-order valence-corrected chi connectivity index (χ0v) is 12.8. The molecule has 1 amide bonds. The van der Waals surface area contributed by atoms with Gasteiger partial charge in [0.2, 0.25) is 0 Å². The molecule has 1 aliphatic carbocycles. The molecule has 1 saturated carbocycles. The van der Waals surface area contributed by atoms with E-state index in [4.69, 9.17) is 10.5 Å². The van der Waals surface area contributed by atoms with Gasteiger partial charge in [0.1, 0.15) is 5.60 Å². The summed E-state index contributed by atoms with van der Waals surface area (Å²) in [6.07, 6.45) is 7.06. The van der Waals surface area contributed by atoms with Crippen LogP contribution in [0.25, 0.3) is 0 Å². The molecule has 0 aliphatic heterocycles. The summed E-state index contributed by atoms with van der Waals surface area (Å²) in [5.74, 6) is 0.638. The van der Waals surface area contributed by atoms with Gasteiger partial charge in [0.25, 0.3) is 0 Å².